The molecule has 2 N–H and O–H groups in total. The van der Waals surface area contributed by atoms with Gasteiger partial charge >= 0.3 is 0 Å². The maximum absolute atomic E-state index is 14.4. The summed E-state index contributed by atoms with van der Waals surface area (Å²) >= 11 is 1.49. The lowest BCUT2D eigenvalue weighted by atomic mass is 9.86. The molecule has 1 aliphatic rings. The number of aromatic nitrogens is 3. The standard InChI is InChI=1S/C38H42F2N6O3S2/c1-6-17-46-18-14-25(15-19-46)28-22-33(49-5)32(20-24(28)4)43-38-41-16-13-31(42-38)35-34(44-37(50-35)23(2)3)26-9-7-10-27(21-26)45-51(47,48)36-29(39)11-8-12-30(36)40/h7-13,16,20-23,25,45H,6,14-15,17-19H2,1-5H3,(H,41,42,43). The van der Waals surface area contributed by atoms with Gasteiger partial charge in [0.2, 0.25) is 5.95 Å². The first kappa shape index (κ1) is 36.3. The summed E-state index contributed by atoms with van der Waals surface area (Å²) in [6.07, 6.45) is 5.09. The molecule has 0 unspecified atom stereocenters. The van der Waals surface area contributed by atoms with Crippen LogP contribution in [0.2, 0.25) is 0 Å². The molecule has 0 bridgehead atoms. The van der Waals surface area contributed by atoms with E-state index in [1.54, 1.807) is 37.6 Å². The molecule has 9 nitrogen and oxygen atoms in total. The van der Waals surface area contributed by atoms with Crippen LogP contribution in [0.15, 0.2) is 71.8 Å². The number of ether oxygens (including phenoxy) is 1. The Hall–Kier alpha value is -4.46. The molecule has 6 rings (SSSR count). The quantitative estimate of drug-likeness (QED) is 0.131. The number of piperidine rings is 1. The van der Waals surface area contributed by atoms with Crippen LogP contribution in [0.25, 0.3) is 21.8 Å². The lowest BCUT2D eigenvalue weighted by molar-refractivity contribution is 0.212. The minimum atomic E-state index is -4.56. The fraction of sp³-hybridized carbons (Fsp3) is 0.342. The molecular formula is C38H42F2N6O3S2. The number of nitrogens with zero attached hydrogens (tertiary/aromatic N) is 4. The zero-order chi connectivity index (χ0) is 36.3. The van der Waals surface area contributed by atoms with Crippen molar-refractivity contribution < 1.29 is 21.9 Å². The molecule has 268 valence electrons. The lowest BCUT2D eigenvalue weighted by Gasteiger charge is -2.33. The zero-order valence-electron chi connectivity index (χ0n) is 29.3. The third-order valence-corrected chi connectivity index (χ3v) is 11.8. The number of hydrogen-bond acceptors (Lipinski definition) is 9. The van der Waals surface area contributed by atoms with Gasteiger partial charge in [-0.1, -0.05) is 39.0 Å². The summed E-state index contributed by atoms with van der Waals surface area (Å²) in [7, 11) is -2.90. The average Bonchev–Trinajstić information content (AvgIpc) is 3.55. The van der Waals surface area contributed by atoms with Gasteiger partial charge in [-0.3, -0.25) is 4.72 Å². The predicted octanol–water partition coefficient (Wildman–Crippen LogP) is 9.12. The summed E-state index contributed by atoms with van der Waals surface area (Å²) in [5.74, 6) is -0.670. The topological polar surface area (TPSA) is 109 Å². The molecule has 0 spiro atoms. The maximum atomic E-state index is 14.4. The number of thiazole rings is 1. The Morgan fingerprint density at radius 1 is 1.02 bits per heavy atom. The van der Waals surface area contributed by atoms with Crippen LogP contribution in [0.3, 0.4) is 0 Å². The molecule has 1 saturated heterocycles. The molecule has 0 amide bonds. The predicted molar refractivity (Wildman–Crippen MR) is 200 cm³/mol. The van der Waals surface area contributed by atoms with Crippen molar-refractivity contribution in [3.8, 4) is 27.6 Å². The Balaban J connectivity index is 1.29. The molecule has 0 saturated carbocycles. The molecule has 3 heterocycles. The fourth-order valence-corrected chi connectivity index (χ4v) is 8.74. The van der Waals surface area contributed by atoms with E-state index in [1.807, 2.05) is 13.8 Å². The van der Waals surface area contributed by atoms with Gasteiger partial charge in [0.15, 0.2) is 4.90 Å². The van der Waals surface area contributed by atoms with Gasteiger partial charge in [-0.05, 0) is 105 Å². The van der Waals surface area contributed by atoms with Crippen molar-refractivity contribution in [3.05, 3.63) is 94.6 Å². The molecule has 51 heavy (non-hydrogen) atoms. The van der Waals surface area contributed by atoms with Gasteiger partial charge in [-0.2, -0.15) is 0 Å². The van der Waals surface area contributed by atoms with Crippen LogP contribution in [0.1, 0.15) is 68.0 Å². The Labute approximate surface area is 302 Å². The number of rotatable bonds is 12. The third-order valence-electron chi connectivity index (χ3n) is 9.00. The van der Waals surface area contributed by atoms with Gasteiger partial charge in [0.05, 0.1) is 34.1 Å². The highest BCUT2D eigenvalue weighted by atomic mass is 32.2. The van der Waals surface area contributed by atoms with Gasteiger partial charge < -0.3 is 15.0 Å². The lowest BCUT2D eigenvalue weighted by Crippen LogP contribution is -2.33. The largest absolute Gasteiger partial charge is 0.495 e. The number of hydrogen-bond donors (Lipinski definition) is 2. The first-order valence-corrected chi connectivity index (χ1v) is 19.4. The van der Waals surface area contributed by atoms with Crippen LogP contribution in [0.4, 0.5) is 26.1 Å². The first-order chi connectivity index (χ1) is 24.5. The van der Waals surface area contributed by atoms with Crippen molar-refractivity contribution in [1.82, 2.24) is 19.9 Å². The molecule has 13 heteroatoms. The summed E-state index contributed by atoms with van der Waals surface area (Å²) in [5.41, 5.74) is 5.20. The highest BCUT2D eigenvalue weighted by molar-refractivity contribution is 7.92. The first-order valence-electron chi connectivity index (χ1n) is 17.1. The number of anilines is 3. The molecule has 0 aliphatic carbocycles. The normalized spacial score (nSPS) is 14.2. The van der Waals surface area contributed by atoms with Crippen molar-refractivity contribution >= 4 is 38.7 Å². The second kappa shape index (κ2) is 15.4. The summed E-state index contributed by atoms with van der Waals surface area (Å²) < 4.78 is 63.0. The summed E-state index contributed by atoms with van der Waals surface area (Å²) in [4.78, 5) is 16.6. The highest BCUT2D eigenvalue weighted by Crippen LogP contribution is 2.41. The van der Waals surface area contributed by atoms with Gasteiger partial charge in [0.1, 0.15) is 17.4 Å². The second-order valence-electron chi connectivity index (χ2n) is 13.0. The van der Waals surface area contributed by atoms with Crippen molar-refractivity contribution in [3.63, 3.8) is 0 Å². The van der Waals surface area contributed by atoms with Crippen LogP contribution >= 0.6 is 11.3 Å². The van der Waals surface area contributed by atoms with Crippen LogP contribution in [0.5, 0.6) is 5.75 Å². The number of nitrogens with one attached hydrogen (secondary N) is 2. The van der Waals surface area contributed by atoms with E-state index in [1.165, 1.54) is 35.0 Å². The molecule has 0 atom stereocenters. The maximum Gasteiger partial charge on any atom is 0.267 e. The fourth-order valence-electron chi connectivity index (χ4n) is 6.49. The van der Waals surface area contributed by atoms with Crippen LogP contribution in [-0.4, -0.2) is 55.0 Å². The average molecular weight is 733 g/mol. The summed E-state index contributed by atoms with van der Waals surface area (Å²) in [6.45, 7) is 11.8. The van der Waals surface area contributed by atoms with E-state index in [-0.39, 0.29) is 11.6 Å². The van der Waals surface area contributed by atoms with E-state index in [0.717, 1.165) is 72.0 Å². The van der Waals surface area contributed by atoms with E-state index in [0.29, 0.717) is 28.8 Å². The highest BCUT2D eigenvalue weighted by Gasteiger charge is 2.26. The van der Waals surface area contributed by atoms with E-state index in [2.05, 4.69) is 45.9 Å². The minimum Gasteiger partial charge on any atom is -0.495 e. The smallest absolute Gasteiger partial charge is 0.267 e. The zero-order valence-corrected chi connectivity index (χ0v) is 31.0. The van der Waals surface area contributed by atoms with Crippen LogP contribution < -0.4 is 14.8 Å². The van der Waals surface area contributed by atoms with Crippen molar-refractivity contribution in [1.29, 1.82) is 0 Å². The number of aryl methyl sites for hydroxylation is 1. The molecule has 0 radical (unpaired) electrons. The number of benzene rings is 3. The van der Waals surface area contributed by atoms with E-state index in [9.17, 15) is 17.2 Å². The monoisotopic (exact) mass is 732 g/mol. The SMILES string of the molecule is CCCN1CCC(c2cc(OC)c(Nc3nccc(-c4sc(C(C)C)nc4-c4cccc(NS(=O)(=O)c5c(F)cccc5F)c4)n3)cc2C)CC1. The van der Waals surface area contributed by atoms with Crippen molar-refractivity contribution in [2.45, 2.75) is 63.7 Å². The van der Waals surface area contributed by atoms with E-state index in [4.69, 9.17) is 14.7 Å². The van der Waals surface area contributed by atoms with Crippen molar-refractivity contribution in [2.75, 3.05) is 36.8 Å². The van der Waals surface area contributed by atoms with Gasteiger partial charge in [0, 0.05) is 23.4 Å². The van der Waals surface area contributed by atoms with E-state index < -0.39 is 26.6 Å². The molecule has 2 aromatic heterocycles. The van der Waals surface area contributed by atoms with Crippen LogP contribution in [0, 0.1) is 18.6 Å². The summed E-state index contributed by atoms with van der Waals surface area (Å²) in [6, 6.07) is 15.5. The Kier molecular flexibility index (Phi) is 11.0. The number of likely N-dealkylation sites (tertiary alicyclic amines) is 1. The van der Waals surface area contributed by atoms with Crippen LogP contribution in [-0.2, 0) is 10.0 Å². The molecule has 1 aliphatic heterocycles. The van der Waals surface area contributed by atoms with Gasteiger partial charge in [0.25, 0.3) is 10.0 Å². The Bertz CT molecular complexity index is 2110. The van der Waals surface area contributed by atoms with Gasteiger partial charge in [-0.15, -0.1) is 11.3 Å². The van der Waals surface area contributed by atoms with Crippen molar-refractivity contribution in [2.24, 2.45) is 0 Å². The van der Waals surface area contributed by atoms with Gasteiger partial charge in [-0.25, -0.2) is 32.2 Å². The molecule has 3 aromatic carbocycles. The Morgan fingerprint density at radius 2 is 1.75 bits per heavy atom. The summed E-state index contributed by atoms with van der Waals surface area (Å²) in [5, 5.41) is 4.23. The number of methoxy groups -OCH3 is 1. The molecule has 1 fully saturated rings. The third kappa shape index (κ3) is 8.05. The molecule has 5 aromatic rings. The van der Waals surface area contributed by atoms with E-state index >= 15 is 0 Å². The Morgan fingerprint density at radius 3 is 2.43 bits per heavy atom. The number of sulfonamides is 1. The molecular weight excluding hydrogens is 691 g/mol. The second-order valence-corrected chi connectivity index (χ2v) is 15.7. The number of halogens is 2. The minimum absolute atomic E-state index is 0.109.